The molecule has 0 aliphatic rings. The minimum absolute atomic E-state index is 0.315. The standard InChI is InChI=1S/C29H35O11P/c1-32-17-10-20(35-4)27(21(11-17)36-5)41(16-26(30)31,28-22(37-6)12-18(33-2)13-23(28)38-7)29-24(39-8)14-19(34-3)15-25(29)40-9/h10-15H,16H2,1-9H3/p+1. The molecule has 0 unspecified atom stereocenters. The van der Waals surface area contributed by atoms with E-state index in [-0.39, 0.29) is 0 Å². The second-order valence-electron chi connectivity index (χ2n) is 8.50. The van der Waals surface area contributed by atoms with Crippen molar-refractivity contribution in [3.05, 3.63) is 36.4 Å². The van der Waals surface area contributed by atoms with Crippen LogP contribution in [0.4, 0.5) is 0 Å². The number of aliphatic carboxylic acids is 1. The highest BCUT2D eigenvalue weighted by atomic mass is 31.2. The summed E-state index contributed by atoms with van der Waals surface area (Å²) in [5.74, 6) is 2.11. The largest absolute Gasteiger partial charge is 0.496 e. The number of hydrogen-bond acceptors (Lipinski definition) is 10. The first-order valence-corrected chi connectivity index (χ1v) is 14.2. The molecule has 3 aromatic rings. The van der Waals surface area contributed by atoms with Gasteiger partial charge < -0.3 is 47.7 Å². The highest BCUT2D eigenvalue weighted by Gasteiger charge is 2.59. The van der Waals surface area contributed by atoms with Gasteiger partial charge in [-0.1, -0.05) is 0 Å². The second kappa shape index (κ2) is 13.4. The maximum absolute atomic E-state index is 13.0. The van der Waals surface area contributed by atoms with E-state index in [9.17, 15) is 9.90 Å². The molecule has 0 fully saturated rings. The average molecular weight is 592 g/mol. The summed E-state index contributed by atoms with van der Waals surface area (Å²) in [5.41, 5.74) is 0. The van der Waals surface area contributed by atoms with Gasteiger partial charge in [0.2, 0.25) is 0 Å². The summed E-state index contributed by atoms with van der Waals surface area (Å²) in [7, 11) is 9.90. The number of carboxylic acids is 1. The first kappa shape index (κ1) is 31.3. The Balaban J connectivity index is 2.82. The molecule has 0 aromatic heterocycles. The fourth-order valence-corrected chi connectivity index (χ4v) is 9.61. The first-order chi connectivity index (χ1) is 19.7. The van der Waals surface area contributed by atoms with Crippen LogP contribution < -0.4 is 58.5 Å². The van der Waals surface area contributed by atoms with Gasteiger partial charge in [0.15, 0.2) is 56.6 Å². The molecule has 0 atom stereocenters. The molecule has 41 heavy (non-hydrogen) atoms. The zero-order valence-corrected chi connectivity index (χ0v) is 25.5. The molecule has 3 aromatic carbocycles. The molecule has 1 N–H and O–H groups in total. The molecule has 0 saturated carbocycles. The number of methoxy groups -OCH3 is 9. The van der Waals surface area contributed by atoms with Crippen LogP contribution in [0.25, 0.3) is 0 Å². The molecule has 11 nitrogen and oxygen atoms in total. The number of hydrogen-bond donors (Lipinski definition) is 1. The van der Waals surface area contributed by atoms with Crippen LogP contribution in [0.15, 0.2) is 36.4 Å². The SMILES string of the molecule is COc1cc(OC)c([P+](CC(=O)O)(c2c(OC)cc(OC)cc2OC)c2c(OC)cc(OC)cc2OC)c(OC)c1. The molecule has 3 rings (SSSR count). The monoisotopic (exact) mass is 591 g/mol. The summed E-state index contributed by atoms with van der Waals surface area (Å²) in [6, 6.07) is 10.00. The minimum Gasteiger partial charge on any atom is -0.496 e. The van der Waals surface area contributed by atoms with E-state index >= 15 is 0 Å². The van der Waals surface area contributed by atoms with Crippen molar-refractivity contribution >= 4 is 29.1 Å². The van der Waals surface area contributed by atoms with Crippen molar-refractivity contribution in [1.82, 2.24) is 0 Å². The van der Waals surface area contributed by atoms with Crippen molar-refractivity contribution in [2.24, 2.45) is 0 Å². The number of carboxylic acid groups (broad SMARTS) is 1. The van der Waals surface area contributed by atoms with Gasteiger partial charge in [-0.05, 0) is 0 Å². The van der Waals surface area contributed by atoms with Gasteiger partial charge in [0.25, 0.3) is 0 Å². The van der Waals surface area contributed by atoms with Crippen molar-refractivity contribution < 1.29 is 52.5 Å². The Bertz CT molecular complexity index is 1160. The van der Waals surface area contributed by atoms with Crippen LogP contribution in [-0.2, 0) is 4.79 Å². The van der Waals surface area contributed by atoms with Crippen LogP contribution in [0.1, 0.15) is 0 Å². The van der Waals surface area contributed by atoms with E-state index in [4.69, 9.17) is 42.6 Å². The predicted molar refractivity (Wildman–Crippen MR) is 157 cm³/mol. The van der Waals surface area contributed by atoms with Gasteiger partial charge in [-0.2, -0.15) is 0 Å². The molecule has 0 spiro atoms. The third-order valence-corrected chi connectivity index (χ3v) is 10.9. The van der Waals surface area contributed by atoms with Gasteiger partial charge in [0, 0.05) is 36.4 Å². The Hall–Kier alpha value is -4.24. The average Bonchev–Trinajstić information content (AvgIpc) is 3.01. The van der Waals surface area contributed by atoms with Crippen molar-refractivity contribution in [3.63, 3.8) is 0 Å². The third kappa shape index (κ3) is 5.67. The molecule has 0 saturated heterocycles. The summed E-state index contributed by atoms with van der Waals surface area (Å²) in [4.78, 5) is 13.0. The van der Waals surface area contributed by atoms with Crippen molar-refractivity contribution in [1.29, 1.82) is 0 Å². The lowest BCUT2D eigenvalue weighted by molar-refractivity contribution is -0.134. The van der Waals surface area contributed by atoms with Gasteiger partial charge in [-0.25, -0.2) is 4.79 Å². The smallest absolute Gasteiger partial charge is 0.342 e. The molecule has 0 aliphatic heterocycles. The summed E-state index contributed by atoms with van der Waals surface area (Å²) < 4.78 is 52.0. The van der Waals surface area contributed by atoms with E-state index in [1.165, 1.54) is 64.0 Å². The van der Waals surface area contributed by atoms with Crippen LogP contribution in [0.3, 0.4) is 0 Å². The first-order valence-electron chi connectivity index (χ1n) is 12.2. The maximum atomic E-state index is 13.0. The number of rotatable bonds is 14. The van der Waals surface area contributed by atoms with Crippen molar-refractivity contribution in [3.8, 4) is 51.7 Å². The normalized spacial score (nSPS) is 10.9. The number of carbonyl (C=O) groups is 1. The zero-order chi connectivity index (χ0) is 30.3. The zero-order valence-electron chi connectivity index (χ0n) is 24.6. The molecule has 0 aliphatic carbocycles. The Labute approximate surface area is 240 Å². The number of benzene rings is 3. The maximum Gasteiger partial charge on any atom is 0.342 e. The van der Waals surface area contributed by atoms with E-state index in [2.05, 4.69) is 0 Å². The summed E-state index contributed by atoms with van der Waals surface area (Å²) in [5, 5.41) is 11.9. The topological polar surface area (TPSA) is 120 Å². The fourth-order valence-electron chi connectivity index (χ4n) is 4.87. The van der Waals surface area contributed by atoms with Gasteiger partial charge in [0.1, 0.15) is 24.5 Å². The highest BCUT2D eigenvalue weighted by Crippen LogP contribution is 2.66. The molecular weight excluding hydrogens is 555 g/mol. The van der Waals surface area contributed by atoms with Gasteiger partial charge in [-0.15, -0.1) is 0 Å². The lowest BCUT2D eigenvalue weighted by Gasteiger charge is -2.32. The summed E-state index contributed by atoms with van der Waals surface area (Å²) in [6.45, 7) is 0. The predicted octanol–water partition coefficient (Wildman–Crippen LogP) is 3.14. The third-order valence-electron chi connectivity index (χ3n) is 6.58. The molecule has 222 valence electrons. The molecular formula is C29H36O11P+. The fraction of sp³-hybridized carbons (Fsp3) is 0.345. The van der Waals surface area contributed by atoms with Gasteiger partial charge >= 0.3 is 5.97 Å². The Kier molecular flexibility index (Phi) is 10.2. The lowest BCUT2D eigenvalue weighted by atomic mass is 10.3. The van der Waals surface area contributed by atoms with Crippen molar-refractivity contribution in [2.45, 2.75) is 0 Å². The molecule has 0 bridgehead atoms. The van der Waals surface area contributed by atoms with Crippen LogP contribution in [-0.4, -0.2) is 81.2 Å². The van der Waals surface area contributed by atoms with E-state index < -0.39 is 19.4 Å². The Morgan fingerprint density at radius 2 is 0.707 bits per heavy atom. The molecule has 0 heterocycles. The van der Waals surface area contributed by atoms with Crippen LogP contribution in [0.5, 0.6) is 51.7 Å². The Morgan fingerprint density at radius 1 is 0.488 bits per heavy atom. The van der Waals surface area contributed by atoms with E-state index in [1.54, 1.807) is 36.4 Å². The van der Waals surface area contributed by atoms with E-state index in [0.29, 0.717) is 67.7 Å². The van der Waals surface area contributed by atoms with Crippen LogP contribution in [0.2, 0.25) is 0 Å². The summed E-state index contributed by atoms with van der Waals surface area (Å²) in [6.07, 6.45) is -0.440. The second-order valence-corrected chi connectivity index (χ2v) is 11.8. The molecule has 0 amide bonds. The summed E-state index contributed by atoms with van der Waals surface area (Å²) >= 11 is 0. The van der Waals surface area contributed by atoms with E-state index in [0.717, 1.165) is 0 Å². The quantitative estimate of drug-likeness (QED) is 0.279. The van der Waals surface area contributed by atoms with Gasteiger partial charge in [-0.3, -0.25) is 0 Å². The van der Waals surface area contributed by atoms with Crippen LogP contribution >= 0.6 is 7.26 Å². The van der Waals surface area contributed by atoms with Gasteiger partial charge in [0.05, 0.1) is 64.0 Å². The van der Waals surface area contributed by atoms with Crippen LogP contribution in [0, 0.1) is 0 Å². The lowest BCUT2D eigenvalue weighted by Crippen LogP contribution is -2.39. The highest BCUT2D eigenvalue weighted by molar-refractivity contribution is 7.97. The van der Waals surface area contributed by atoms with Crippen molar-refractivity contribution in [2.75, 3.05) is 70.2 Å². The molecule has 0 radical (unpaired) electrons. The van der Waals surface area contributed by atoms with E-state index in [1.807, 2.05) is 0 Å². The number of ether oxygens (including phenoxy) is 9. The minimum atomic E-state index is -3.54. The Morgan fingerprint density at radius 3 is 0.854 bits per heavy atom. The molecule has 12 heteroatoms.